The molecule has 1 aromatic carbocycles. The van der Waals surface area contributed by atoms with Crippen LogP contribution in [0.15, 0.2) is 45.7 Å². The number of hydrogen-bond donors (Lipinski definition) is 1. The maximum atomic E-state index is 13.7. The van der Waals surface area contributed by atoms with Gasteiger partial charge in [0.15, 0.2) is 5.78 Å². The molecule has 0 radical (unpaired) electrons. The molecule has 6 unspecified atom stereocenters. The van der Waals surface area contributed by atoms with E-state index < -0.39 is 18.4 Å². The number of ether oxygens (including phenoxy) is 3. The van der Waals surface area contributed by atoms with Crippen LogP contribution in [0.25, 0.3) is 0 Å². The van der Waals surface area contributed by atoms with E-state index in [1.165, 1.54) is 7.11 Å². The number of hydrogen-bond acceptors (Lipinski definition) is 10. The molecule has 12 heteroatoms. The zero-order chi connectivity index (χ0) is 38.3. The number of aliphatic hydroxyl groups excluding tert-OH is 1. The number of ketones is 1. The van der Waals surface area contributed by atoms with Gasteiger partial charge in [-0.05, 0) is 60.8 Å². The summed E-state index contributed by atoms with van der Waals surface area (Å²) in [6.45, 7) is 8.62. The number of Topliss-reactive ketones (excluding diaryl/α,β-unsaturated/α-hetero) is 1. The average Bonchev–Trinajstić information content (AvgIpc) is 4.00. The van der Waals surface area contributed by atoms with Crippen molar-refractivity contribution in [1.29, 1.82) is 0 Å². The maximum Gasteiger partial charge on any atom is 0.306 e. The lowest BCUT2D eigenvalue weighted by molar-refractivity contribution is -0.148. The van der Waals surface area contributed by atoms with Gasteiger partial charge < -0.3 is 29.1 Å². The molecule has 6 aliphatic rings. The fraction of sp³-hybridized carbons (Fsp3) is 0.619. The molecule has 2 amide bonds. The lowest BCUT2D eigenvalue weighted by Crippen LogP contribution is -2.45. The van der Waals surface area contributed by atoms with E-state index >= 15 is 0 Å². The monoisotopic (exact) mass is 742 g/mol. The third-order valence-corrected chi connectivity index (χ3v) is 12.3. The van der Waals surface area contributed by atoms with Crippen LogP contribution in [-0.4, -0.2) is 101 Å². The second kappa shape index (κ2) is 15.8. The van der Waals surface area contributed by atoms with Crippen LogP contribution >= 0.6 is 0 Å². The first-order valence-electron chi connectivity index (χ1n) is 19.8. The van der Waals surface area contributed by atoms with Crippen LogP contribution < -0.4 is 9.47 Å². The number of aliphatic imine (C=N–C) groups is 2. The zero-order valence-corrected chi connectivity index (χ0v) is 32.2. The normalized spacial score (nSPS) is 25.5. The van der Waals surface area contributed by atoms with E-state index in [9.17, 15) is 24.3 Å². The molecule has 6 heterocycles. The molecule has 290 valence electrons. The predicted molar refractivity (Wildman–Crippen MR) is 202 cm³/mol. The van der Waals surface area contributed by atoms with Crippen molar-refractivity contribution >= 4 is 35.0 Å². The second-order valence-corrected chi connectivity index (χ2v) is 16.5. The Kier molecular flexibility index (Phi) is 11.1. The molecule has 0 aromatic heterocycles. The minimum atomic E-state index is -0.543. The average molecular weight is 743 g/mol. The molecule has 1 N–H and O–H groups in total. The van der Waals surface area contributed by atoms with Crippen molar-refractivity contribution in [2.45, 2.75) is 116 Å². The first kappa shape index (κ1) is 38.0. The van der Waals surface area contributed by atoms with Gasteiger partial charge >= 0.3 is 5.97 Å². The summed E-state index contributed by atoms with van der Waals surface area (Å²) in [6, 6.07) is 4.06. The third kappa shape index (κ3) is 7.50. The molecule has 6 atom stereocenters. The Hall–Kier alpha value is -4.32. The number of nitrogens with zero attached hydrogens (tertiary/aromatic N) is 4. The Morgan fingerprint density at radius 2 is 1.24 bits per heavy atom. The van der Waals surface area contributed by atoms with Crippen molar-refractivity contribution in [1.82, 2.24) is 9.80 Å². The highest BCUT2D eigenvalue weighted by Gasteiger charge is 2.42. The molecule has 7 rings (SSSR count). The first-order valence-corrected chi connectivity index (χ1v) is 19.8. The van der Waals surface area contributed by atoms with Gasteiger partial charge in [0.05, 0.1) is 31.5 Å². The number of methoxy groups -OCH3 is 1. The quantitative estimate of drug-likeness (QED) is 0.284. The largest absolute Gasteiger partial charge is 0.485 e. The van der Waals surface area contributed by atoms with E-state index in [2.05, 4.69) is 12.1 Å². The summed E-state index contributed by atoms with van der Waals surface area (Å²) < 4.78 is 17.9. The molecule has 2 fully saturated rings. The molecule has 12 nitrogen and oxygen atoms in total. The van der Waals surface area contributed by atoms with Gasteiger partial charge in [0.1, 0.15) is 30.3 Å². The number of fused-ring (bicyclic) bond motifs is 2. The number of amides is 2. The molecule has 6 aliphatic heterocycles. The summed E-state index contributed by atoms with van der Waals surface area (Å²) in [5, 5.41) is 9.31. The number of carbonyl (C=O) groups is 4. The number of carbonyl (C=O) groups excluding carboxylic acids is 4. The highest BCUT2D eigenvalue weighted by atomic mass is 16.5. The van der Waals surface area contributed by atoms with Gasteiger partial charge in [-0.15, -0.1) is 0 Å². The predicted octanol–water partition coefficient (Wildman–Crippen LogP) is 4.79. The lowest BCUT2D eigenvalue weighted by Gasteiger charge is -2.30. The number of aliphatic hydroxyl groups is 1. The van der Waals surface area contributed by atoms with Crippen molar-refractivity contribution in [2.24, 2.45) is 33.7 Å². The Morgan fingerprint density at radius 1 is 0.778 bits per heavy atom. The molecule has 2 saturated heterocycles. The van der Waals surface area contributed by atoms with E-state index in [0.29, 0.717) is 32.4 Å². The summed E-state index contributed by atoms with van der Waals surface area (Å²) in [5.41, 5.74) is 6.36. The van der Waals surface area contributed by atoms with Crippen LogP contribution in [0.2, 0.25) is 0 Å². The van der Waals surface area contributed by atoms with Crippen molar-refractivity contribution in [3.05, 3.63) is 46.8 Å². The Morgan fingerprint density at radius 3 is 1.67 bits per heavy atom. The maximum absolute atomic E-state index is 13.7. The molecule has 1 aromatic rings. The van der Waals surface area contributed by atoms with E-state index in [-0.39, 0.29) is 72.5 Å². The minimum Gasteiger partial charge on any atom is -0.485 e. The van der Waals surface area contributed by atoms with Crippen LogP contribution in [0.1, 0.15) is 90.2 Å². The zero-order valence-electron chi connectivity index (χ0n) is 32.2. The van der Waals surface area contributed by atoms with Gasteiger partial charge in [0.2, 0.25) is 11.8 Å². The fourth-order valence-corrected chi connectivity index (χ4v) is 9.09. The summed E-state index contributed by atoms with van der Waals surface area (Å²) in [4.78, 5) is 64.9. The Bertz CT molecular complexity index is 1650. The number of esters is 1. The van der Waals surface area contributed by atoms with Crippen LogP contribution in [0.3, 0.4) is 0 Å². The molecule has 0 saturated carbocycles. The molecule has 0 aliphatic carbocycles. The van der Waals surface area contributed by atoms with Crippen molar-refractivity contribution in [3.63, 3.8) is 0 Å². The Balaban J connectivity index is 0.927. The molecule has 0 spiro atoms. The van der Waals surface area contributed by atoms with Crippen molar-refractivity contribution in [2.75, 3.05) is 26.8 Å². The highest BCUT2D eigenvalue weighted by molar-refractivity contribution is 5.99. The van der Waals surface area contributed by atoms with E-state index in [1.807, 2.05) is 49.9 Å². The fourth-order valence-electron chi connectivity index (χ4n) is 9.09. The van der Waals surface area contributed by atoms with E-state index in [0.717, 1.165) is 77.3 Å². The van der Waals surface area contributed by atoms with Crippen LogP contribution in [0.5, 0.6) is 11.5 Å². The second-order valence-electron chi connectivity index (χ2n) is 16.5. The van der Waals surface area contributed by atoms with Gasteiger partial charge in [-0.2, -0.15) is 0 Å². The third-order valence-electron chi connectivity index (χ3n) is 12.3. The van der Waals surface area contributed by atoms with Gasteiger partial charge in [-0.25, -0.2) is 0 Å². The Labute approximate surface area is 317 Å². The van der Waals surface area contributed by atoms with E-state index in [4.69, 9.17) is 24.2 Å². The van der Waals surface area contributed by atoms with Crippen LogP contribution in [0, 0.1) is 23.7 Å². The summed E-state index contributed by atoms with van der Waals surface area (Å²) in [6.07, 6.45) is 9.95. The summed E-state index contributed by atoms with van der Waals surface area (Å²) >= 11 is 0. The van der Waals surface area contributed by atoms with Gasteiger partial charge in [-0.3, -0.25) is 29.2 Å². The minimum absolute atomic E-state index is 0.00183. The topological polar surface area (TPSA) is 147 Å². The molecular weight excluding hydrogens is 688 g/mol. The first-order chi connectivity index (χ1) is 25.9. The summed E-state index contributed by atoms with van der Waals surface area (Å²) in [5.74, 6) is 0.180. The van der Waals surface area contributed by atoms with Gasteiger partial charge in [0, 0.05) is 86.1 Å². The van der Waals surface area contributed by atoms with Crippen LogP contribution in [-0.2, 0) is 36.8 Å². The molecular formula is C42H54N4O8. The summed E-state index contributed by atoms with van der Waals surface area (Å²) in [7, 11) is 1.36. The smallest absolute Gasteiger partial charge is 0.306 e. The number of likely N-dealkylation sites (tertiary alicyclic amines) is 2. The van der Waals surface area contributed by atoms with Gasteiger partial charge in [0.25, 0.3) is 0 Å². The highest BCUT2D eigenvalue weighted by Crippen LogP contribution is 2.43. The number of rotatable bonds is 13. The van der Waals surface area contributed by atoms with Gasteiger partial charge in [-0.1, -0.05) is 27.7 Å². The van der Waals surface area contributed by atoms with E-state index in [1.54, 1.807) is 0 Å². The molecule has 54 heavy (non-hydrogen) atoms. The SMILES string of the molecule is COC(=O)CC(C(=O)N1CCCC1C1=NC=C(C2Cc3cc4c(cc3O2)CC(C2=CN=C(C3CCCN3C(=O)C(CC(=O)CO)C(C)C)C2)O4)C1)C(C)C. The standard InChI is InChI=1S/C42H54N4O8/c1-23(2)30(18-29(48)22-47)41(50)45-10-6-8-34(45)32-12-27(20-43-32)38-16-25-14-37-26(15-36(25)53-38)17-39(54-37)28-13-33(44-21-28)35-9-7-11-46(35)42(51)31(24(3)4)19-40(49)52-5/h14-15,20-21,23-24,30-31,34-35,38-39,47H,6-13,16-19,22H2,1-5H3. The van der Waals surface area contributed by atoms with Crippen molar-refractivity contribution in [3.8, 4) is 11.5 Å². The van der Waals surface area contributed by atoms with Crippen molar-refractivity contribution < 1.29 is 38.5 Å². The van der Waals surface area contributed by atoms with Crippen LogP contribution in [0.4, 0.5) is 0 Å². The number of benzene rings is 1. The lowest BCUT2D eigenvalue weighted by atomic mass is 9.88. The molecule has 0 bridgehead atoms.